The van der Waals surface area contributed by atoms with Gasteiger partial charge in [0.1, 0.15) is 0 Å². The molecule has 28 heavy (non-hydrogen) atoms. The van der Waals surface area contributed by atoms with E-state index in [-0.39, 0.29) is 17.7 Å². The molecule has 0 spiro atoms. The number of anilines is 1. The molecule has 1 aromatic heterocycles. The summed E-state index contributed by atoms with van der Waals surface area (Å²) in [5.41, 5.74) is 0.912. The minimum absolute atomic E-state index is 0.0431. The Labute approximate surface area is 168 Å². The quantitative estimate of drug-likeness (QED) is 0.646. The Morgan fingerprint density at radius 2 is 1.89 bits per heavy atom. The fourth-order valence-electron chi connectivity index (χ4n) is 4.13. The highest BCUT2D eigenvalue weighted by molar-refractivity contribution is 7.09. The maximum absolute atomic E-state index is 13.3. The number of hydrogen-bond donors (Lipinski definition) is 0. The molecule has 0 bridgehead atoms. The predicted molar refractivity (Wildman–Crippen MR) is 112 cm³/mol. The van der Waals surface area contributed by atoms with Crippen molar-refractivity contribution >= 4 is 39.6 Å². The van der Waals surface area contributed by atoms with Crippen molar-refractivity contribution in [2.45, 2.75) is 31.8 Å². The number of fused-ring (bicyclic) bond motifs is 1. The Kier molecular flexibility index (Phi) is 4.40. The van der Waals surface area contributed by atoms with Crippen LogP contribution in [0.1, 0.15) is 24.1 Å². The highest BCUT2D eigenvalue weighted by Crippen LogP contribution is 2.35. The van der Waals surface area contributed by atoms with Gasteiger partial charge in [0.25, 0.3) is 0 Å². The molecule has 1 aliphatic carbocycles. The first-order valence-corrected chi connectivity index (χ1v) is 10.7. The van der Waals surface area contributed by atoms with Crippen LogP contribution in [0.4, 0.5) is 5.69 Å². The first-order valence-electron chi connectivity index (χ1n) is 9.82. The maximum atomic E-state index is 13.3. The van der Waals surface area contributed by atoms with E-state index in [0.717, 1.165) is 29.3 Å². The molecule has 4 nitrogen and oxygen atoms in total. The number of hydrogen-bond acceptors (Lipinski definition) is 3. The number of benzene rings is 2. The molecule has 142 valence electrons. The highest BCUT2D eigenvalue weighted by Gasteiger charge is 2.41. The number of thiophene rings is 1. The molecule has 1 unspecified atom stereocenters. The lowest BCUT2D eigenvalue weighted by atomic mass is 10.1. The van der Waals surface area contributed by atoms with Crippen molar-refractivity contribution in [1.29, 1.82) is 0 Å². The summed E-state index contributed by atoms with van der Waals surface area (Å²) in [5, 5.41) is 4.22. The molecule has 5 heteroatoms. The van der Waals surface area contributed by atoms with Crippen molar-refractivity contribution in [1.82, 2.24) is 4.90 Å². The zero-order valence-electron chi connectivity index (χ0n) is 15.6. The van der Waals surface area contributed by atoms with Gasteiger partial charge in [0, 0.05) is 29.3 Å². The van der Waals surface area contributed by atoms with Crippen molar-refractivity contribution in [2.75, 3.05) is 11.4 Å². The van der Waals surface area contributed by atoms with Gasteiger partial charge in [-0.05, 0) is 35.7 Å². The SMILES string of the molecule is O=C1CC(C(=O)N(Cc2cccs2)C2CC2)CN1c1cccc2ccccc12. The topological polar surface area (TPSA) is 40.6 Å². The van der Waals surface area contributed by atoms with E-state index in [1.807, 2.05) is 46.7 Å². The molecule has 1 atom stereocenters. The van der Waals surface area contributed by atoms with Crippen molar-refractivity contribution in [3.63, 3.8) is 0 Å². The molecule has 0 radical (unpaired) electrons. The second kappa shape index (κ2) is 7.06. The lowest BCUT2D eigenvalue weighted by molar-refractivity contribution is -0.137. The largest absolute Gasteiger partial charge is 0.334 e. The van der Waals surface area contributed by atoms with Crippen LogP contribution in [0.2, 0.25) is 0 Å². The minimum Gasteiger partial charge on any atom is -0.334 e. The molecule has 2 aromatic carbocycles. The summed E-state index contributed by atoms with van der Waals surface area (Å²) in [7, 11) is 0. The van der Waals surface area contributed by atoms with Crippen LogP contribution in [-0.4, -0.2) is 29.3 Å². The zero-order chi connectivity index (χ0) is 19.1. The summed E-state index contributed by atoms with van der Waals surface area (Å²) in [6.07, 6.45) is 2.45. The molecule has 2 aliphatic rings. The van der Waals surface area contributed by atoms with E-state index in [0.29, 0.717) is 25.6 Å². The lowest BCUT2D eigenvalue weighted by Gasteiger charge is -2.25. The third kappa shape index (κ3) is 3.20. The third-order valence-corrected chi connectivity index (χ3v) is 6.57. The van der Waals surface area contributed by atoms with Gasteiger partial charge in [-0.25, -0.2) is 0 Å². The van der Waals surface area contributed by atoms with E-state index in [1.54, 1.807) is 16.2 Å². The average molecular weight is 391 g/mol. The molecule has 1 saturated carbocycles. The summed E-state index contributed by atoms with van der Waals surface area (Å²) in [6.45, 7) is 1.14. The Morgan fingerprint density at radius 3 is 2.68 bits per heavy atom. The van der Waals surface area contributed by atoms with E-state index in [4.69, 9.17) is 0 Å². The van der Waals surface area contributed by atoms with Gasteiger partial charge in [-0.2, -0.15) is 0 Å². The standard InChI is InChI=1S/C23H22N2O2S/c26-22-13-17(23(27)24(18-10-11-18)15-19-7-4-12-28-19)14-25(22)21-9-3-6-16-5-1-2-8-20(16)21/h1-9,12,17-18H,10-11,13-15H2. The minimum atomic E-state index is -0.257. The van der Waals surface area contributed by atoms with Crippen LogP contribution >= 0.6 is 11.3 Å². The van der Waals surface area contributed by atoms with Crippen LogP contribution in [0.5, 0.6) is 0 Å². The normalized spacial score (nSPS) is 19.4. The summed E-state index contributed by atoms with van der Waals surface area (Å²) in [5.74, 6) is -0.0828. The molecular formula is C23H22N2O2S. The van der Waals surface area contributed by atoms with Crippen molar-refractivity contribution in [3.8, 4) is 0 Å². The Balaban J connectivity index is 1.39. The van der Waals surface area contributed by atoms with Crippen molar-refractivity contribution in [3.05, 3.63) is 64.9 Å². The van der Waals surface area contributed by atoms with Gasteiger partial charge in [0.2, 0.25) is 11.8 Å². The number of nitrogens with zero attached hydrogens (tertiary/aromatic N) is 2. The number of carbonyl (C=O) groups excluding carboxylic acids is 2. The lowest BCUT2D eigenvalue weighted by Crippen LogP contribution is -2.38. The Hall–Kier alpha value is -2.66. The second-order valence-corrected chi connectivity index (χ2v) is 8.71. The molecule has 1 aliphatic heterocycles. The van der Waals surface area contributed by atoms with Crippen LogP contribution in [-0.2, 0) is 16.1 Å². The summed E-state index contributed by atoms with van der Waals surface area (Å²) in [4.78, 5) is 31.1. The fourth-order valence-corrected chi connectivity index (χ4v) is 4.83. The number of amides is 2. The van der Waals surface area contributed by atoms with Crippen LogP contribution in [0.25, 0.3) is 10.8 Å². The van der Waals surface area contributed by atoms with Gasteiger partial charge < -0.3 is 9.80 Å². The predicted octanol–water partition coefficient (Wildman–Crippen LogP) is 4.45. The van der Waals surface area contributed by atoms with Gasteiger partial charge in [0.15, 0.2) is 0 Å². The summed E-state index contributed by atoms with van der Waals surface area (Å²) in [6, 6.07) is 18.6. The first-order chi connectivity index (χ1) is 13.7. The zero-order valence-corrected chi connectivity index (χ0v) is 16.4. The van der Waals surface area contributed by atoms with Gasteiger partial charge in [-0.15, -0.1) is 11.3 Å². The van der Waals surface area contributed by atoms with E-state index >= 15 is 0 Å². The smallest absolute Gasteiger partial charge is 0.228 e. The molecular weight excluding hydrogens is 368 g/mol. The third-order valence-electron chi connectivity index (χ3n) is 5.71. The van der Waals surface area contributed by atoms with E-state index in [9.17, 15) is 9.59 Å². The van der Waals surface area contributed by atoms with Crippen LogP contribution < -0.4 is 4.90 Å². The molecule has 2 amide bonds. The average Bonchev–Trinajstić information content (AvgIpc) is 3.28. The van der Waals surface area contributed by atoms with Gasteiger partial charge in [-0.1, -0.05) is 42.5 Å². The van der Waals surface area contributed by atoms with Crippen LogP contribution in [0.15, 0.2) is 60.0 Å². The molecule has 0 N–H and O–H groups in total. The monoisotopic (exact) mass is 390 g/mol. The molecule has 2 heterocycles. The molecule has 5 rings (SSSR count). The van der Waals surface area contributed by atoms with Crippen molar-refractivity contribution in [2.24, 2.45) is 5.92 Å². The summed E-state index contributed by atoms with van der Waals surface area (Å²) >= 11 is 1.68. The van der Waals surface area contributed by atoms with E-state index < -0.39 is 0 Å². The molecule has 1 saturated heterocycles. The van der Waals surface area contributed by atoms with Crippen molar-refractivity contribution < 1.29 is 9.59 Å². The van der Waals surface area contributed by atoms with Gasteiger partial charge in [0.05, 0.1) is 18.2 Å². The van der Waals surface area contributed by atoms with Crippen LogP contribution in [0, 0.1) is 5.92 Å². The maximum Gasteiger partial charge on any atom is 0.228 e. The number of carbonyl (C=O) groups is 2. The molecule has 3 aromatic rings. The van der Waals surface area contributed by atoms with Gasteiger partial charge >= 0.3 is 0 Å². The fraction of sp³-hybridized carbons (Fsp3) is 0.304. The Morgan fingerprint density at radius 1 is 1.07 bits per heavy atom. The summed E-state index contributed by atoms with van der Waals surface area (Å²) < 4.78 is 0. The first kappa shape index (κ1) is 17.4. The number of rotatable bonds is 5. The molecule has 2 fully saturated rings. The second-order valence-electron chi connectivity index (χ2n) is 7.68. The van der Waals surface area contributed by atoms with Crippen LogP contribution in [0.3, 0.4) is 0 Å². The van der Waals surface area contributed by atoms with Gasteiger partial charge in [-0.3, -0.25) is 9.59 Å². The van der Waals surface area contributed by atoms with E-state index in [2.05, 4.69) is 18.2 Å². The van der Waals surface area contributed by atoms with E-state index in [1.165, 1.54) is 4.88 Å². The Bertz CT molecular complexity index is 1020. The highest BCUT2D eigenvalue weighted by atomic mass is 32.1.